The second kappa shape index (κ2) is 8.02. The minimum Gasteiger partial charge on any atom is -0.340 e. The van der Waals surface area contributed by atoms with Crippen LogP contribution < -0.4 is 10.6 Å². The van der Waals surface area contributed by atoms with Gasteiger partial charge in [-0.3, -0.25) is 4.79 Å². The number of pyridine rings is 1. The van der Waals surface area contributed by atoms with Gasteiger partial charge in [-0.2, -0.15) is 0 Å². The van der Waals surface area contributed by atoms with Crippen LogP contribution in [0.4, 0.5) is 17.2 Å². The largest absolute Gasteiger partial charge is 0.340 e. The molecule has 4 nitrogen and oxygen atoms in total. The number of aryl methyl sites for hydroxylation is 2. The molecular formula is C21H20ClN3O. The predicted molar refractivity (Wildman–Crippen MR) is 107 cm³/mol. The number of aromatic nitrogens is 1. The van der Waals surface area contributed by atoms with E-state index in [1.165, 1.54) is 5.56 Å². The van der Waals surface area contributed by atoms with Gasteiger partial charge >= 0.3 is 0 Å². The van der Waals surface area contributed by atoms with Gasteiger partial charge in [0.1, 0.15) is 5.82 Å². The molecule has 0 aliphatic rings. The smallest absolute Gasteiger partial charge is 0.228 e. The van der Waals surface area contributed by atoms with E-state index in [-0.39, 0.29) is 5.91 Å². The van der Waals surface area contributed by atoms with Crippen molar-refractivity contribution in [3.8, 4) is 0 Å². The molecule has 0 saturated carbocycles. The third-order valence-electron chi connectivity index (χ3n) is 3.98. The Hall–Kier alpha value is -2.85. The monoisotopic (exact) mass is 365 g/mol. The molecule has 0 radical (unpaired) electrons. The molecule has 132 valence electrons. The Kier molecular flexibility index (Phi) is 5.54. The van der Waals surface area contributed by atoms with Gasteiger partial charge in [0.05, 0.1) is 18.3 Å². The molecule has 0 saturated heterocycles. The second-order valence-electron chi connectivity index (χ2n) is 6.23. The average molecular weight is 366 g/mol. The zero-order valence-electron chi connectivity index (χ0n) is 14.7. The molecule has 3 rings (SSSR count). The summed E-state index contributed by atoms with van der Waals surface area (Å²) in [5.74, 6) is 0.636. The fourth-order valence-electron chi connectivity index (χ4n) is 2.54. The third kappa shape index (κ3) is 4.83. The number of nitrogens with zero attached hydrogens (tertiary/aromatic N) is 1. The SMILES string of the molecule is Cc1ccc(CC(=O)Nc2ccc(Nc3ccc(Cl)cc3C)nc2)cc1. The van der Waals surface area contributed by atoms with Gasteiger partial charge in [0.25, 0.3) is 0 Å². The Morgan fingerprint density at radius 1 is 1.04 bits per heavy atom. The first-order valence-corrected chi connectivity index (χ1v) is 8.72. The summed E-state index contributed by atoms with van der Waals surface area (Å²) in [7, 11) is 0. The molecule has 1 amide bonds. The normalized spacial score (nSPS) is 10.4. The Morgan fingerprint density at radius 3 is 2.46 bits per heavy atom. The van der Waals surface area contributed by atoms with E-state index >= 15 is 0 Å². The van der Waals surface area contributed by atoms with Crippen LogP contribution in [0.15, 0.2) is 60.8 Å². The molecule has 0 fully saturated rings. The molecule has 0 aliphatic heterocycles. The molecule has 0 spiro atoms. The molecule has 26 heavy (non-hydrogen) atoms. The van der Waals surface area contributed by atoms with Gasteiger partial charge in [0, 0.05) is 10.7 Å². The van der Waals surface area contributed by atoms with Gasteiger partial charge in [0.15, 0.2) is 0 Å². The van der Waals surface area contributed by atoms with Crippen molar-refractivity contribution in [2.75, 3.05) is 10.6 Å². The Bertz CT molecular complexity index is 906. The summed E-state index contributed by atoms with van der Waals surface area (Å²) in [6, 6.07) is 17.2. The first-order chi connectivity index (χ1) is 12.5. The first-order valence-electron chi connectivity index (χ1n) is 8.34. The quantitative estimate of drug-likeness (QED) is 0.647. The van der Waals surface area contributed by atoms with E-state index in [1.807, 2.05) is 68.4 Å². The van der Waals surface area contributed by atoms with Gasteiger partial charge in [-0.05, 0) is 55.3 Å². The highest BCUT2D eigenvalue weighted by Gasteiger charge is 2.05. The number of carbonyl (C=O) groups excluding carboxylic acids is 1. The summed E-state index contributed by atoms with van der Waals surface area (Å²) < 4.78 is 0. The average Bonchev–Trinajstić information content (AvgIpc) is 2.61. The minimum atomic E-state index is -0.0649. The van der Waals surface area contributed by atoms with Gasteiger partial charge in [-0.15, -0.1) is 0 Å². The van der Waals surface area contributed by atoms with Crippen LogP contribution in [0, 0.1) is 13.8 Å². The fraction of sp³-hybridized carbons (Fsp3) is 0.143. The standard InChI is InChI=1S/C21H20ClN3O/c1-14-3-5-16(6-4-14)12-21(26)24-18-8-10-20(23-13-18)25-19-9-7-17(22)11-15(19)2/h3-11,13H,12H2,1-2H3,(H,23,25)(H,24,26). The van der Waals surface area contributed by atoms with Crippen molar-refractivity contribution >= 4 is 34.7 Å². The summed E-state index contributed by atoms with van der Waals surface area (Å²) in [5, 5.41) is 6.81. The van der Waals surface area contributed by atoms with Gasteiger partial charge in [-0.1, -0.05) is 41.4 Å². The number of anilines is 3. The van der Waals surface area contributed by atoms with Crippen LogP contribution >= 0.6 is 11.6 Å². The Morgan fingerprint density at radius 2 is 1.81 bits per heavy atom. The molecule has 5 heteroatoms. The number of amides is 1. The highest BCUT2D eigenvalue weighted by molar-refractivity contribution is 6.30. The summed E-state index contributed by atoms with van der Waals surface area (Å²) >= 11 is 5.97. The van der Waals surface area contributed by atoms with E-state index in [1.54, 1.807) is 6.20 Å². The number of benzene rings is 2. The maximum Gasteiger partial charge on any atom is 0.228 e. The van der Waals surface area contributed by atoms with E-state index < -0.39 is 0 Å². The fourth-order valence-corrected chi connectivity index (χ4v) is 2.77. The topological polar surface area (TPSA) is 54.0 Å². The third-order valence-corrected chi connectivity index (χ3v) is 4.22. The van der Waals surface area contributed by atoms with E-state index in [0.717, 1.165) is 16.8 Å². The lowest BCUT2D eigenvalue weighted by Crippen LogP contribution is -2.14. The van der Waals surface area contributed by atoms with E-state index in [0.29, 0.717) is 22.9 Å². The number of hydrogen-bond donors (Lipinski definition) is 2. The number of halogens is 1. The number of rotatable bonds is 5. The maximum absolute atomic E-state index is 12.2. The van der Waals surface area contributed by atoms with Crippen molar-refractivity contribution in [1.82, 2.24) is 4.98 Å². The van der Waals surface area contributed by atoms with Gasteiger partial charge < -0.3 is 10.6 Å². The highest BCUT2D eigenvalue weighted by Crippen LogP contribution is 2.23. The summed E-state index contributed by atoms with van der Waals surface area (Å²) in [6.07, 6.45) is 1.98. The molecule has 0 unspecified atom stereocenters. The van der Waals surface area contributed by atoms with Crippen molar-refractivity contribution < 1.29 is 4.79 Å². The van der Waals surface area contributed by atoms with Crippen molar-refractivity contribution in [2.45, 2.75) is 20.3 Å². The van der Waals surface area contributed by atoms with Crippen LogP contribution in [0.25, 0.3) is 0 Å². The molecule has 0 atom stereocenters. The lowest BCUT2D eigenvalue weighted by molar-refractivity contribution is -0.115. The van der Waals surface area contributed by atoms with Crippen LogP contribution in [0.3, 0.4) is 0 Å². The number of hydrogen-bond acceptors (Lipinski definition) is 3. The van der Waals surface area contributed by atoms with Crippen LogP contribution in [0.1, 0.15) is 16.7 Å². The van der Waals surface area contributed by atoms with E-state index in [9.17, 15) is 4.79 Å². The van der Waals surface area contributed by atoms with Crippen molar-refractivity contribution in [1.29, 1.82) is 0 Å². The molecule has 2 N–H and O–H groups in total. The molecule has 2 aromatic carbocycles. The maximum atomic E-state index is 12.2. The first kappa shape index (κ1) is 18.0. The second-order valence-corrected chi connectivity index (χ2v) is 6.66. The van der Waals surface area contributed by atoms with Crippen molar-refractivity contribution in [2.24, 2.45) is 0 Å². The van der Waals surface area contributed by atoms with Crippen LogP contribution in [0.2, 0.25) is 5.02 Å². The lowest BCUT2D eigenvalue weighted by Gasteiger charge is -2.10. The molecule has 1 heterocycles. The zero-order valence-corrected chi connectivity index (χ0v) is 15.5. The number of nitrogens with one attached hydrogen (secondary N) is 2. The highest BCUT2D eigenvalue weighted by atomic mass is 35.5. The van der Waals surface area contributed by atoms with Crippen LogP contribution in [-0.4, -0.2) is 10.9 Å². The number of carbonyl (C=O) groups is 1. The Balaban J connectivity index is 1.60. The molecular weight excluding hydrogens is 346 g/mol. The molecule has 0 aliphatic carbocycles. The summed E-state index contributed by atoms with van der Waals surface area (Å²) in [4.78, 5) is 16.5. The van der Waals surface area contributed by atoms with Crippen LogP contribution in [-0.2, 0) is 11.2 Å². The Labute approximate surface area is 158 Å². The molecule has 0 bridgehead atoms. The minimum absolute atomic E-state index is 0.0649. The van der Waals surface area contributed by atoms with Crippen molar-refractivity contribution in [3.05, 3.63) is 82.5 Å². The van der Waals surface area contributed by atoms with E-state index in [2.05, 4.69) is 15.6 Å². The zero-order chi connectivity index (χ0) is 18.5. The summed E-state index contributed by atoms with van der Waals surface area (Å²) in [5.41, 5.74) is 4.81. The lowest BCUT2D eigenvalue weighted by atomic mass is 10.1. The van der Waals surface area contributed by atoms with E-state index in [4.69, 9.17) is 11.6 Å². The van der Waals surface area contributed by atoms with Gasteiger partial charge in [-0.25, -0.2) is 4.98 Å². The van der Waals surface area contributed by atoms with Crippen molar-refractivity contribution in [3.63, 3.8) is 0 Å². The van der Waals surface area contributed by atoms with Crippen LogP contribution in [0.5, 0.6) is 0 Å². The predicted octanol–water partition coefficient (Wildman–Crippen LogP) is 5.28. The summed E-state index contributed by atoms with van der Waals surface area (Å²) in [6.45, 7) is 4.00. The molecule has 3 aromatic rings. The van der Waals surface area contributed by atoms with Gasteiger partial charge in [0.2, 0.25) is 5.91 Å². The molecule has 1 aromatic heterocycles.